The van der Waals surface area contributed by atoms with E-state index in [0.29, 0.717) is 10.7 Å². The molecule has 1 heterocycles. The molecule has 2 aromatic carbocycles. The quantitative estimate of drug-likeness (QED) is 0.737. The van der Waals surface area contributed by atoms with Crippen LogP contribution < -0.4 is 5.11 Å². The largest absolute Gasteiger partial charge is 0.544 e. The van der Waals surface area contributed by atoms with E-state index in [2.05, 4.69) is 4.98 Å². The molecule has 0 aliphatic carbocycles. The van der Waals surface area contributed by atoms with E-state index in [-0.39, 0.29) is 4.88 Å². The molecule has 0 bridgehead atoms. The number of aromatic nitrogens is 1. The van der Waals surface area contributed by atoms with Crippen LogP contribution in [-0.4, -0.2) is 11.0 Å². The summed E-state index contributed by atoms with van der Waals surface area (Å²) in [5, 5.41) is 12.0. The number of nitrogens with zero attached hydrogens (tertiary/aromatic N) is 1. The molecule has 0 amide bonds. The molecule has 0 aliphatic heterocycles. The highest BCUT2D eigenvalue weighted by Crippen LogP contribution is 2.28. The Hall–Kier alpha value is -2.72. The third kappa shape index (κ3) is 3.55. The van der Waals surface area contributed by atoms with Crippen molar-refractivity contribution >= 4 is 29.5 Å². The fraction of sp³-hybridized carbons (Fsp3) is 0.0526. The van der Waals surface area contributed by atoms with Gasteiger partial charge in [-0.1, -0.05) is 66.2 Å². The minimum absolute atomic E-state index is 0.153. The van der Waals surface area contributed by atoms with Gasteiger partial charge in [-0.3, -0.25) is 0 Å². The van der Waals surface area contributed by atoms with Crippen LogP contribution in [-0.2, 0) is 0 Å². The zero-order valence-electron chi connectivity index (χ0n) is 12.5. The molecule has 3 aromatic rings. The fourth-order valence-corrected chi connectivity index (χ4v) is 3.01. The topological polar surface area (TPSA) is 53.0 Å². The first kappa shape index (κ1) is 15.2. The van der Waals surface area contributed by atoms with Gasteiger partial charge in [-0.15, -0.1) is 11.3 Å². The summed E-state index contributed by atoms with van der Waals surface area (Å²) in [5.41, 5.74) is 3.47. The number of benzene rings is 2. The van der Waals surface area contributed by atoms with Crippen LogP contribution in [0.3, 0.4) is 0 Å². The summed E-state index contributed by atoms with van der Waals surface area (Å²) in [4.78, 5) is 16.0. The highest BCUT2D eigenvalue weighted by molar-refractivity contribution is 7.14. The van der Waals surface area contributed by atoms with Crippen molar-refractivity contribution in [2.75, 3.05) is 0 Å². The Kier molecular flexibility index (Phi) is 4.35. The van der Waals surface area contributed by atoms with Crippen LogP contribution in [0.1, 0.15) is 25.8 Å². The lowest BCUT2D eigenvalue weighted by molar-refractivity contribution is -0.254. The predicted octanol–water partition coefficient (Wildman–Crippen LogP) is 3.65. The van der Waals surface area contributed by atoms with Gasteiger partial charge in [-0.05, 0) is 18.6 Å². The SMILES string of the molecule is Cc1ccc(/C=C/c2nc(-c3ccccc3)c(C(=O)[O-])s2)cc1. The van der Waals surface area contributed by atoms with Gasteiger partial charge in [-0.25, -0.2) is 4.98 Å². The van der Waals surface area contributed by atoms with Gasteiger partial charge < -0.3 is 9.90 Å². The number of aryl methyl sites for hydroxylation is 1. The molecular weight excluding hydrogens is 306 g/mol. The van der Waals surface area contributed by atoms with Crippen molar-refractivity contribution in [2.45, 2.75) is 6.92 Å². The van der Waals surface area contributed by atoms with Crippen molar-refractivity contribution in [1.82, 2.24) is 4.98 Å². The van der Waals surface area contributed by atoms with Gasteiger partial charge in [0.1, 0.15) is 5.01 Å². The number of rotatable bonds is 4. The summed E-state index contributed by atoms with van der Waals surface area (Å²) in [6, 6.07) is 17.4. The Morgan fingerprint density at radius 3 is 2.39 bits per heavy atom. The van der Waals surface area contributed by atoms with Gasteiger partial charge in [-0.2, -0.15) is 0 Å². The number of carbonyl (C=O) groups is 1. The first-order valence-electron chi connectivity index (χ1n) is 7.16. The van der Waals surface area contributed by atoms with E-state index in [9.17, 15) is 9.90 Å². The second kappa shape index (κ2) is 6.58. The Bertz CT molecular complexity index is 849. The van der Waals surface area contributed by atoms with E-state index >= 15 is 0 Å². The maximum atomic E-state index is 11.4. The minimum atomic E-state index is -1.20. The van der Waals surface area contributed by atoms with Crippen molar-refractivity contribution < 1.29 is 9.90 Å². The number of carboxylic acids is 1. The maximum absolute atomic E-state index is 11.4. The van der Waals surface area contributed by atoms with E-state index in [1.54, 1.807) is 0 Å². The zero-order chi connectivity index (χ0) is 16.2. The third-order valence-electron chi connectivity index (χ3n) is 3.37. The molecule has 0 radical (unpaired) electrons. The number of hydrogen-bond acceptors (Lipinski definition) is 4. The lowest BCUT2D eigenvalue weighted by Gasteiger charge is -2.01. The molecule has 0 aliphatic rings. The smallest absolute Gasteiger partial charge is 0.117 e. The average molecular weight is 320 g/mol. The molecule has 4 heteroatoms. The van der Waals surface area contributed by atoms with E-state index in [4.69, 9.17) is 0 Å². The van der Waals surface area contributed by atoms with E-state index in [0.717, 1.165) is 22.5 Å². The molecule has 0 spiro atoms. The monoisotopic (exact) mass is 320 g/mol. The zero-order valence-corrected chi connectivity index (χ0v) is 13.3. The molecule has 1 aromatic heterocycles. The first-order valence-corrected chi connectivity index (χ1v) is 7.97. The van der Waals surface area contributed by atoms with Crippen LogP contribution in [0.15, 0.2) is 54.6 Å². The number of thiazole rings is 1. The highest BCUT2D eigenvalue weighted by atomic mass is 32.1. The van der Waals surface area contributed by atoms with Gasteiger partial charge in [0.15, 0.2) is 0 Å². The summed E-state index contributed by atoms with van der Waals surface area (Å²) in [7, 11) is 0. The van der Waals surface area contributed by atoms with Crippen LogP contribution in [0.2, 0.25) is 0 Å². The fourth-order valence-electron chi connectivity index (χ4n) is 2.18. The van der Waals surface area contributed by atoms with Crippen molar-refractivity contribution in [3.63, 3.8) is 0 Å². The van der Waals surface area contributed by atoms with Gasteiger partial charge in [0.2, 0.25) is 0 Å². The number of carbonyl (C=O) groups excluding carboxylic acids is 1. The molecule has 0 N–H and O–H groups in total. The van der Waals surface area contributed by atoms with E-state index < -0.39 is 5.97 Å². The van der Waals surface area contributed by atoms with Gasteiger partial charge >= 0.3 is 0 Å². The maximum Gasteiger partial charge on any atom is 0.117 e. The third-order valence-corrected chi connectivity index (χ3v) is 4.37. The predicted molar refractivity (Wildman–Crippen MR) is 92.0 cm³/mol. The van der Waals surface area contributed by atoms with Crippen LogP contribution in [0, 0.1) is 6.92 Å². The first-order chi connectivity index (χ1) is 11.1. The number of hydrogen-bond donors (Lipinski definition) is 0. The summed E-state index contributed by atoms with van der Waals surface area (Å²) in [5.74, 6) is -1.20. The Morgan fingerprint density at radius 2 is 1.74 bits per heavy atom. The lowest BCUT2D eigenvalue weighted by atomic mass is 10.1. The summed E-state index contributed by atoms with van der Waals surface area (Å²) >= 11 is 1.12. The Labute approximate surface area is 138 Å². The molecule has 23 heavy (non-hydrogen) atoms. The van der Waals surface area contributed by atoms with Crippen LogP contribution in [0.5, 0.6) is 0 Å². The molecule has 0 unspecified atom stereocenters. The normalized spacial score (nSPS) is 11.0. The summed E-state index contributed by atoms with van der Waals surface area (Å²) < 4.78 is 0. The van der Waals surface area contributed by atoms with E-state index in [1.807, 2.05) is 73.7 Å². The average Bonchev–Trinajstić information content (AvgIpc) is 3.00. The van der Waals surface area contributed by atoms with Crippen molar-refractivity contribution in [3.05, 3.63) is 75.6 Å². The van der Waals surface area contributed by atoms with Gasteiger partial charge in [0.05, 0.1) is 16.5 Å². The molecule has 0 saturated carbocycles. The van der Waals surface area contributed by atoms with Crippen molar-refractivity contribution in [2.24, 2.45) is 0 Å². The van der Waals surface area contributed by atoms with Gasteiger partial charge in [0.25, 0.3) is 0 Å². The van der Waals surface area contributed by atoms with Crippen LogP contribution in [0.25, 0.3) is 23.4 Å². The summed E-state index contributed by atoms with van der Waals surface area (Å²) in [6.45, 7) is 2.03. The van der Waals surface area contributed by atoms with E-state index in [1.165, 1.54) is 5.56 Å². The number of carboxylic acid groups (broad SMARTS) is 1. The molecule has 3 nitrogen and oxygen atoms in total. The highest BCUT2D eigenvalue weighted by Gasteiger charge is 2.12. The molecule has 3 rings (SSSR count). The molecule has 0 fully saturated rings. The lowest BCUT2D eigenvalue weighted by Crippen LogP contribution is -2.21. The Morgan fingerprint density at radius 1 is 1.04 bits per heavy atom. The summed E-state index contributed by atoms with van der Waals surface area (Å²) in [6.07, 6.45) is 3.75. The standard InChI is InChI=1S/C19H15NO2S/c1-13-7-9-14(10-8-13)11-12-16-20-17(18(23-16)19(21)22)15-5-3-2-4-6-15/h2-12H,1H3,(H,21,22)/p-1/b12-11+. The minimum Gasteiger partial charge on any atom is -0.544 e. The van der Waals surface area contributed by atoms with Crippen molar-refractivity contribution in [1.29, 1.82) is 0 Å². The molecule has 0 atom stereocenters. The van der Waals surface area contributed by atoms with Gasteiger partial charge in [0, 0.05) is 5.56 Å². The molecular formula is C19H14NO2S-. The molecule has 0 saturated heterocycles. The van der Waals surface area contributed by atoms with Crippen molar-refractivity contribution in [3.8, 4) is 11.3 Å². The second-order valence-corrected chi connectivity index (χ2v) is 6.16. The molecule has 114 valence electrons. The second-order valence-electron chi connectivity index (χ2n) is 5.13. The van der Waals surface area contributed by atoms with Crippen LogP contribution in [0.4, 0.5) is 0 Å². The Balaban J connectivity index is 1.95. The number of aromatic carboxylic acids is 1. The van der Waals surface area contributed by atoms with Crippen LogP contribution >= 0.6 is 11.3 Å².